The number of hydrogen-bond acceptors (Lipinski definition) is 4. The lowest BCUT2D eigenvalue weighted by molar-refractivity contribution is -0.137. The number of carbonyl (C=O) groups is 3. The SMILES string of the molecule is Cn1nc(C(=O)N2CCCC2)c2c1CCN(C(=O)CCC(=O)N1CCCCCC1)C2. The van der Waals surface area contributed by atoms with Gasteiger partial charge in [0.05, 0.1) is 0 Å². The predicted molar refractivity (Wildman–Crippen MR) is 112 cm³/mol. The van der Waals surface area contributed by atoms with Crippen molar-refractivity contribution in [1.29, 1.82) is 0 Å². The third kappa shape index (κ3) is 4.37. The fourth-order valence-corrected chi connectivity index (χ4v) is 4.90. The van der Waals surface area contributed by atoms with Crippen LogP contribution in [-0.2, 0) is 29.6 Å². The summed E-state index contributed by atoms with van der Waals surface area (Å²) in [5, 5.41) is 4.50. The quantitative estimate of drug-likeness (QED) is 0.750. The second kappa shape index (κ2) is 9.18. The molecule has 0 N–H and O–H groups in total. The molecule has 0 spiro atoms. The highest BCUT2D eigenvalue weighted by atomic mass is 16.2. The molecular weight excluding hydrogens is 382 g/mol. The molecule has 3 aliphatic rings. The van der Waals surface area contributed by atoms with Crippen molar-refractivity contribution in [2.45, 2.75) is 64.3 Å². The highest BCUT2D eigenvalue weighted by Crippen LogP contribution is 2.25. The van der Waals surface area contributed by atoms with Crippen molar-refractivity contribution in [3.8, 4) is 0 Å². The maximum Gasteiger partial charge on any atom is 0.274 e. The zero-order valence-corrected chi connectivity index (χ0v) is 18.1. The summed E-state index contributed by atoms with van der Waals surface area (Å²) in [6, 6.07) is 0. The van der Waals surface area contributed by atoms with Crippen LogP contribution in [0.1, 0.15) is 73.1 Å². The van der Waals surface area contributed by atoms with Gasteiger partial charge in [-0.2, -0.15) is 5.10 Å². The third-order valence-corrected chi connectivity index (χ3v) is 6.70. The Balaban J connectivity index is 1.37. The van der Waals surface area contributed by atoms with E-state index in [0.29, 0.717) is 25.2 Å². The topological polar surface area (TPSA) is 78.8 Å². The maximum absolute atomic E-state index is 12.9. The van der Waals surface area contributed by atoms with Crippen molar-refractivity contribution in [2.75, 3.05) is 32.7 Å². The van der Waals surface area contributed by atoms with Crippen molar-refractivity contribution in [3.63, 3.8) is 0 Å². The normalized spacial score (nSPS) is 19.6. The first-order valence-corrected chi connectivity index (χ1v) is 11.4. The highest BCUT2D eigenvalue weighted by molar-refractivity contribution is 5.94. The van der Waals surface area contributed by atoms with Gasteiger partial charge in [0.25, 0.3) is 5.91 Å². The van der Waals surface area contributed by atoms with Gasteiger partial charge in [0.1, 0.15) is 0 Å². The van der Waals surface area contributed by atoms with Gasteiger partial charge in [0, 0.05) is 76.8 Å². The summed E-state index contributed by atoms with van der Waals surface area (Å²) in [6.07, 6.45) is 7.76. The number of amides is 3. The van der Waals surface area contributed by atoms with Crippen molar-refractivity contribution in [2.24, 2.45) is 7.05 Å². The average Bonchev–Trinajstić information content (AvgIpc) is 3.31. The Kier molecular flexibility index (Phi) is 6.39. The Morgan fingerprint density at radius 1 is 0.767 bits per heavy atom. The molecule has 3 aliphatic heterocycles. The first kappa shape index (κ1) is 20.9. The van der Waals surface area contributed by atoms with Gasteiger partial charge in [0.15, 0.2) is 5.69 Å². The lowest BCUT2D eigenvalue weighted by atomic mass is 10.0. The lowest BCUT2D eigenvalue weighted by Gasteiger charge is -2.28. The van der Waals surface area contributed by atoms with Gasteiger partial charge >= 0.3 is 0 Å². The van der Waals surface area contributed by atoms with Crippen LogP contribution in [0.3, 0.4) is 0 Å². The molecule has 3 amide bonds. The Hall–Kier alpha value is -2.38. The summed E-state index contributed by atoms with van der Waals surface area (Å²) in [7, 11) is 1.87. The summed E-state index contributed by atoms with van der Waals surface area (Å²) in [4.78, 5) is 43.9. The van der Waals surface area contributed by atoms with Gasteiger partial charge in [-0.05, 0) is 25.7 Å². The summed E-state index contributed by atoms with van der Waals surface area (Å²) in [5.41, 5.74) is 2.42. The smallest absolute Gasteiger partial charge is 0.274 e. The number of likely N-dealkylation sites (tertiary alicyclic amines) is 2. The Morgan fingerprint density at radius 2 is 1.33 bits per heavy atom. The molecule has 2 saturated heterocycles. The van der Waals surface area contributed by atoms with E-state index in [1.807, 2.05) is 16.8 Å². The molecule has 0 saturated carbocycles. The molecule has 1 aromatic rings. The van der Waals surface area contributed by atoms with Crippen LogP contribution in [0.25, 0.3) is 0 Å². The van der Waals surface area contributed by atoms with Crippen LogP contribution < -0.4 is 0 Å². The Morgan fingerprint density at radius 3 is 2.00 bits per heavy atom. The van der Waals surface area contributed by atoms with Gasteiger partial charge in [-0.25, -0.2) is 0 Å². The number of rotatable bonds is 4. The van der Waals surface area contributed by atoms with Crippen LogP contribution in [0, 0.1) is 0 Å². The number of nitrogens with zero attached hydrogens (tertiary/aromatic N) is 5. The number of fused-ring (bicyclic) bond motifs is 1. The van der Waals surface area contributed by atoms with Gasteiger partial charge in [-0.1, -0.05) is 12.8 Å². The van der Waals surface area contributed by atoms with Crippen LogP contribution in [0.15, 0.2) is 0 Å². The molecule has 0 aliphatic carbocycles. The van der Waals surface area contributed by atoms with Gasteiger partial charge in [-0.15, -0.1) is 0 Å². The molecule has 164 valence electrons. The number of aromatic nitrogens is 2. The van der Waals surface area contributed by atoms with E-state index in [1.54, 1.807) is 9.58 Å². The first-order chi connectivity index (χ1) is 14.5. The fourth-order valence-electron chi connectivity index (χ4n) is 4.90. The van der Waals surface area contributed by atoms with E-state index in [1.165, 1.54) is 12.8 Å². The lowest BCUT2D eigenvalue weighted by Crippen LogP contribution is -2.38. The van der Waals surface area contributed by atoms with E-state index in [9.17, 15) is 14.4 Å². The van der Waals surface area contributed by atoms with Crippen LogP contribution in [-0.4, -0.2) is 74.9 Å². The molecular formula is C22H33N5O3. The summed E-state index contributed by atoms with van der Waals surface area (Å²) < 4.78 is 1.79. The van der Waals surface area contributed by atoms with E-state index in [4.69, 9.17) is 0 Å². The van der Waals surface area contributed by atoms with Crippen LogP contribution in [0.5, 0.6) is 0 Å². The molecule has 0 bridgehead atoms. The van der Waals surface area contributed by atoms with Crippen LogP contribution >= 0.6 is 0 Å². The minimum atomic E-state index is -0.0185. The second-order valence-corrected chi connectivity index (χ2v) is 8.76. The van der Waals surface area contributed by atoms with Gasteiger partial charge in [0.2, 0.25) is 11.8 Å². The van der Waals surface area contributed by atoms with E-state index >= 15 is 0 Å². The Bertz CT molecular complexity index is 804. The number of carbonyl (C=O) groups excluding carboxylic acids is 3. The Labute approximate surface area is 178 Å². The van der Waals surface area contributed by atoms with Crippen LogP contribution in [0.4, 0.5) is 0 Å². The van der Waals surface area contributed by atoms with E-state index in [0.717, 1.165) is 63.1 Å². The molecule has 8 heteroatoms. The van der Waals surface area contributed by atoms with Crippen molar-refractivity contribution < 1.29 is 14.4 Å². The van der Waals surface area contributed by atoms with Crippen molar-refractivity contribution in [1.82, 2.24) is 24.5 Å². The molecule has 0 aromatic carbocycles. The monoisotopic (exact) mass is 415 g/mol. The summed E-state index contributed by atoms with van der Waals surface area (Å²) in [6.45, 7) is 4.22. The molecule has 8 nitrogen and oxygen atoms in total. The van der Waals surface area contributed by atoms with Crippen molar-refractivity contribution >= 4 is 17.7 Å². The van der Waals surface area contributed by atoms with Crippen molar-refractivity contribution in [3.05, 3.63) is 17.0 Å². The second-order valence-electron chi connectivity index (χ2n) is 8.76. The molecule has 0 radical (unpaired) electrons. The van der Waals surface area contributed by atoms with Gasteiger partial charge in [-0.3, -0.25) is 19.1 Å². The third-order valence-electron chi connectivity index (χ3n) is 6.70. The maximum atomic E-state index is 12.9. The predicted octanol–water partition coefficient (Wildman–Crippen LogP) is 1.72. The first-order valence-electron chi connectivity index (χ1n) is 11.4. The minimum Gasteiger partial charge on any atom is -0.343 e. The van der Waals surface area contributed by atoms with E-state index < -0.39 is 0 Å². The molecule has 30 heavy (non-hydrogen) atoms. The zero-order chi connectivity index (χ0) is 21.1. The van der Waals surface area contributed by atoms with E-state index in [-0.39, 0.29) is 30.6 Å². The fraction of sp³-hybridized carbons (Fsp3) is 0.727. The van der Waals surface area contributed by atoms with Gasteiger partial charge < -0.3 is 14.7 Å². The molecule has 0 atom stereocenters. The van der Waals surface area contributed by atoms with Crippen LogP contribution in [0.2, 0.25) is 0 Å². The standard InChI is InChI=1S/C22H33N5O3/c1-24-18-10-15-27(16-17(18)21(23-24)22(30)26-13-6-7-14-26)20(29)9-8-19(28)25-11-4-2-3-5-12-25/h2-16H2,1H3. The molecule has 1 aromatic heterocycles. The average molecular weight is 416 g/mol. The largest absolute Gasteiger partial charge is 0.343 e. The molecule has 4 rings (SSSR count). The molecule has 2 fully saturated rings. The highest BCUT2D eigenvalue weighted by Gasteiger charge is 2.32. The summed E-state index contributed by atoms with van der Waals surface area (Å²) in [5.74, 6) is 0.0662. The molecule has 0 unspecified atom stereocenters. The zero-order valence-electron chi connectivity index (χ0n) is 18.1. The number of aryl methyl sites for hydroxylation is 1. The molecule has 4 heterocycles. The number of hydrogen-bond donors (Lipinski definition) is 0. The summed E-state index contributed by atoms with van der Waals surface area (Å²) >= 11 is 0. The van der Waals surface area contributed by atoms with E-state index in [2.05, 4.69) is 5.10 Å². The minimum absolute atomic E-state index is 0.00718.